The van der Waals surface area contributed by atoms with E-state index in [1.807, 2.05) is 62.0 Å². The lowest BCUT2D eigenvalue weighted by molar-refractivity contribution is -0.496. The van der Waals surface area contributed by atoms with E-state index in [2.05, 4.69) is 39.1 Å². The van der Waals surface area contributed by atoms with Crippen LogP contribution in [0.4, 0.5) is 0 Å². The van der Waals surface area contributed by atoms with Crippen molar-refractivity contribution in [2.24, 2.45) is 5.92 Å². The molecule has 0 unspecified atom stereocenters. The van der Waals surface area contributed by atoms with Gasteiger partial charge in [-0.25, -0.2) is 9.87 Å². The van der Waals surface area contributed by atoms with Gasteiger partial charge in [-0.05, 0) is 37.4 Å². The van der Waals surface area contributed by atoms with Crippen LogP contribution < -0.4 is 5.32 Å². The van der Waals surface area contributed by atoms with Gasteiger partial charge in [0.05, 0.1) is 6.33 Å². The van der Waals surface area contributed by atoms with E-state index in [9.17, 15) is 0 Å². The lowest BCUT2D eigenvalue weighted by atomic mass is 9.76. The second-order valence-corrected chi connectivity index (χ2v) is 8.21. The number of imidazole rings is 1. The molecule has 2 aromatic carbocycles. The zero-order valence-electron chi connectivity index (χ0n) is 18.2. The zero-order valence-corrected chi connectivity index (χ0v) is 18.2. The Bertz CT molecular complexity index is 878. The predicted molar refractivity (Wildman–Crippen MR) is 119 cm³/mol. The Kier molecular flexibility index (Phi) is 6.83. The summed E-state index contributed by atoms with van der Waals surface area (Å²) >= 11 is 0. The van der Waals surface area contributed by atoms with Gasteiger partial charge in [-0.2, -0.15) is 4.89 Å². The Morgan fingerprint density at radius 3 is 2.32 bits per heavy atom. The molecular formula is C25H31N3O3. The Labute approximate surface area is 184 Å². The van der Waals surface area contributed by atoms with E-state index in [1.54, 1.807) is 7.11 Å². The van der Waals surface area contributed by atoms with Gasteiger partial charge in [0.15, 0.2) is 5.60 Å². The summed E-state index contributed by atoms with van der Waals surface area (Å²) in [6.07, 6.45) is 7.40. The molecule has 3 aromatic rings. The molecule has 1 N–H and O–H groups in total. The molecule has 6 heteroatoms. The normalized spacial score (nSPS) is 23.0. The van der Waals surface area contributed by atoms with E-state index in [-0.39, 0.29) is 5.92 Å². The lowest BCUT2D eigenvalue weighted by Crippen LogP contribution is -2.54. The van der Waals surface area contributed by atoms with Gasteiger partial charge in [-0.3, -0.25) is 0 Å². The summed E-state index contributed by atoms with van der Waals surface area (Å²) in [6, 6.07) is 20.6. The molecule has 2 atom stereocenters. The molecule has 1 saturated heterocycles. The summed E-state index contributed by atoms with van der Waals surface area (Å²) in [5, 5.41) is 3.60. The van der Waals surface area contributed by atoms with Crippen molar-refractivity contribution in [1.29, 1.82) is 0 Å². The molecule has 0 radical (unpaired) electrons. The van der Waals surface area contributed by atoms with Crippen LogP contribution in [-0.4, -0.2) is 35.5 Å². The first-order valence-corrected chi connectivity index (χ1v) is 10.9. The molecule has 1 aliphatic heterocycles. The number of hydrogen-bond acceptors (Lipinski definition) is 5. The minimum atomic E-state index is -0.829. The summed E-state index contributed by atoms with van der Waals surface area (Å²) in [5.41, 5.74) is 1.46. The van der Waals surface area contributed by atoms with Crippen LogP contribution >= 0.6 is 0 Å². The van der Waals surface area contributed by atoms with Crippen molar-refractivity contribution in [2.45, 2.75) is 37.7 Å². The third kappa shape index (κ3) is 4.72. The van der Waals surface area contributed by atoms with E-state index in [4.69, 9.17) is 14.5 Å². The highest BCUT2D eigenvalue weighted by molar-refractivity contribution is 5.37. The second-order valence-electron chi connectivity index (χ2n) is 8.21. The van der Waals surface area contributed by atoms with Crippen molar-refractivity contribution < 1.29 is 14.5 Å². The average Bonchev–Trinajstić information content (AvgIpc) is 3.35. The van der Waals surface area contributed by atoms with Gasteiger partial charge in [0.2, 0.25) is 5.79 Å². The summed E-state index contributed by atoms with van der Waals surface area (Å²) in [4.78, 5) is 16.3. The molecule has 164 valence electrons. The summed E-state index contributed by atoms with van der Waals surface area (Å²) in [6.45, 7) is 4.56. The minimum Gasteiger partial charge on any atom is -0.351 e. The number of aryl methyl sites for hydroxylation is 1. The smallest absolute Gasteiger partial charge is 0.202 e. The number of methoxy groups -OCH3 is 1. The van der Waals surface area contributed by atoms with Crippen LogP contribution in [0.25, 0.3) is 0 Å². The van der Waals surface area contributed by atoms with E-state index in [0.29, 0.717) is 0 Å². The van der Waals surface area contributed by atoms with Gasteiger partial charge in [0.25, 0.3) is 0 Å². The van der Waals surface area contributed by atoms with E-state index < -0.39 is 11.4 Å². The molecule has 4 rings (SSSR count). The first kappa shape index (κ1) is 21.7. The van der Waals surface area contributed by atoms with E-state index >= 15 is 0 Å². The SMILES string of the molecule is CO[C@@]1(C)OOC(c2ccccc2)(c2ccccc2)C[C@H]1CNCCCn1ccnc1. The largest absolute Gasteiger partial charge is 0.351 e. The van der Waals surface area contributed by atoms with E-state index in [1.165, 1.54) is 0 Å². The van der Waals surface area contributed by atoms with Crippen LogP contribution in [-0.2, 0) is 26.7 Å². The molecule has 0 spiro atoms. The number of aromatic nitrogens is 2. The quantitative estimate of drug-likeness (QED) is 0.416. The topological polar surface area (TPSA) is 57.5 Å². The molecule has 6 nitrogen and oxygen atoms in total. The molecule has 31 heavy (non-hydrogen) atoms. The van der Waals surface area contributed by atoms with Crippen LogP contribution in [0.3, 0.4) is 0 Å². The summed E-state index contributed by atoms with van der Waals surface area (Å²) in [5.74, 6) is -0.746. The van der Waals surface area contributed by atoms with Crippen molar-refractivity contribution in [3.8, 4) is 0 Å². The van der Waals surface area contributed by atoms with Crippen LogP contribution in [0.2, 0.25) is 0 Å². The molecule has 1 aliphatic rings. The Balaban J connectivity index is 1.51. The molecule has 0 bridgehead atoms. The Hall–Kier alpha value is -2.51. The average molecular weight is 422 g/mol. The number of ether oxygens (including phenoxy) is 1. The highest BCUT2D eigenvalue weighted by Crippen LogP contribution is 2.47. The summed E-state index contributed by atoms with van der Waals surface area (Å²) < 4.78 is 7.86. The number of hydrogen-bond donors (Lipinski definition) is 1. The number of nitrogens with one attached hydrogen (secondary N) is 1. The fourth-order valence-corrected chi connectivity index (χ4v) is 4.24. The highest BCUT2D eigenvalue weighted by Gasteiger charge is 2.51. The first-order chi connectivity index (χ1) is 15.2. The standard InChI is InChI=1S/C25H31N3O3/c1-24(29-2)23(19-26-14-9-16-28-17-15-27-20-28)18-25(31-30-24,21-10-5-3-6-11-21)22-12-7-4-8-13-22/h3-8,10-13,15,17,20,23,26H,9,14,16,18-19H2,1-2H3/t23-,24-/m0/s1. The minimum absolute atomic E-state index is 0.0832. The lowest BCUT2D eigenvalue weighted by Gasteiger charge is -2.48. The van der Waals surface area contributed by atoms with Crippen LogP contribution in [0.5, 0.6) is 0 Å². The monoisotopic (exact) mass is 421 g/mol. The third-order valence-electron chi connectivity index (χ3n) is 6.23. The van der Waals surface area contributed by atoms with Crippen LogP contribution in [0.15, 0.2) is 79.4 Å². The predicted octanol–water partition coefficient (Wildman–Crippen LogP) is 4.14. The third-order valence-corrected chi connectivity index (χ3v) is 6.23. The Morgan fingerprint density at radius 2 is 1.74 bits per heavy atom. The van der Waals surface area contributed by atoms with Gasteiger partial charge in [0, 0.05) is 38.5 Å². The zero-order chi connectivity index (χ0) is 21.6. The number of nitrogens with zero attached hydrogens (tertiary/aromatic N) is 2. The molecule has 0 aliphatic carbocycles. The number of benzene rings is 2. The fourth-order valence-electron chi connectivity index (χ4n) is 4.24. The van der Waals surface area contributed by atoms with Gasteiger partial charge in [0.1, 0.15) is 0 Å². The highest BCUT2D eigenvalue weighted by atomic mass is 17.2. The molecule has 1 aromatic heterocycles. The second kappa shape index (κ2) is 9.75. The van der Waals surface area contributed by atoms with Crippen molar-refractivity contribution in [3.05, 3.63) is 90.5 Å². The van der Waals surface area contributed by atoms with E-state index in [0.717, 1.165) is 43.6 Å². The maximum atomic E-state index is 6.19. The Morgan fingerprint density at radius 1 is 1.06 bits per heavy atom. The molecule has 0 saturated carbocycles. The van der Waals surface area contributed by atoms with Crippen LogP contribution in [0.1, 0.15) is 30.9 Å². The van der Waals surface area contributed by atoms with Gasteiger partial charge in [-0.1, -0.05) is 60.7 Å². The van der Waals surface area contributed by atoms with Crippen molar-refractivity contribution >= 4 is 0 Å². The van der Waals surface area contributed by atoms with Crippen molar-refractivity contribution in [3.63, 3.8) is 0 Å². The van der Waals surface area contributed by atoms with Crippen molar-refractivity contribution in [1.82, 2.24) is 14.9 Å². The van der Waals surface area contributed by atoms with Crippen LogP contribution in [0, 0.1) is 5.92 Å². The molecule has 2 heterocycles. The first-order valence-electron chi connectivity index (χ1n) is 10.9. The maximum Gasteiger partial charge on any atom is 0.202 e. The number of rotatable bonds is 9. The molecular weight excluding hydrogens is 390 g/mol. The fraction of sp³-hybridized carbons (Fsp3) is 0.400. The summed E-state index contributed by atoms with van der Waals surface area (Å²) in [7, 11) is 1.67. The molecule has 0 amide bonds. The van der Waals surface area contributed by atoms with Crippen molar-refractivity contribution in [2.75, 3.05) is 20.2 Å². The maximum absolute atomic E-state index is 6.19. The van der Waals surface area contributed by atoms with Gasteiger partial charge >= 0.3 is 0 Å². The van der Waals surface area contributed by atoms with Gasteiger partial charge < -0.3 is 14.6 Å². The van der Waals surface area contributed by atoms with Gasteiger partial charge in [-0.15, -0.1) is 0 Å². The molecule has 1 fully saturated rings.